The van der Waals surface area contributed by atoms with Gasteiger partial charge in [0.15, 0.2) is 0 Å². The molecule has 7 aromatic rings. The number of hydrogen-bond acceptors (Lipinski definition) is 2. The second-order valence-electron chi connectivity index (χ2n) is 9.44. The van der Waals surface area contributed by atoms with Gasteiger partial charge < -0.3 is 0 Å². The van der Waals surface area contributed by atoms with Crippen molar-refractivity contribution in [3.05, 3.63) is 146 Å². The van der Waals surface area contributed by atoms with E-state index in [1.807, 2.05) is 48.8 Å². The predicted octanol–water partition coefficient (Wildman–Crippen LogP) is 9.45. The van der Waals surface area contributed by atoms with Crippen LogP contribution in [0.15, 0.2) is 146 Å². The molecule has 2 heterocycles. The molecule has 2 nitrogen and oxygen atoms in total. The van der Waals surface area contributed by atoms with E-state index in [0.29, 0.717) is 0 Å². The Kier molecular flexibility index (Phi) is 5.49. The van der Waals surface area contributed by atoms with Crippen LogP contribution in [-0.2, 0) is 0 Å². The predicted molar refractivity (Wildman–Crippen MR) is 159 cm³/mol. The van der Waals surface area contributed by atoms with Crippen molar-refractivity contribution in [1.29, 1.82) is 0 Å². The Labute approximate surface area is 221 Å². The summed E-state index contributed by atoms with van der Waals surface area (Å²) in [5.74, 6) is 0. The third-order valence-corrected chi connectivity index (χ3v) is 7.17. The minimum absolute atomic E-state index is 0.976. The van der Waals surface area contributed by atoms with Crippen LogP contribution in [0.2, 0.25) is 0 Å². The second-order valence-corrected chi connectivity index (χ2v) is 9.44. The molecule has 0 aliphatic carbocycles. The van der Waals surface area contributed by atoms with Gasteiger partial charge in [-0.15, -0.1) is 0 Å². The van der Waals surface area contributed by atoms with Gasteiger partial charge in [0.1, 0.15) is 0 Å². The Morgan fingerprint density at radius 3 is 0.947 bits per heavy atom. The summed E-state index contributed by atoms with van der Waals surface area (Å²) >= 11 is 0. The SMILES string of the molecule is c1ccc(-c2ccc(-c3c4ccccc4c(-c4ccc(-c5ccccc5)nc4)c4ccccc34)cn2)cc1. The van der Waals surface area contributed by atoms with Gasteiger partial charge in [0, 0.05) is 34.6 Å². The molecule has 2 aromatic heterocycles. The first-order chi connectivity index (χ1) is 18.9. The van der Waals surface area contributed by atoms with Gasteiger partial charge in [-0.2, -0.15) is 0 Å². The van der Waals surface area contributed by atoms with E-state index < -0.39 is 0 Å². The quantitative estimate of drug-likeness (QED) is 0.233. The summed E-state index contributed by atoms with van der Waals surface area (Å²) < 4.78 is 0. The molecule has 0 unspecified atom stereocenters. The van der Waals surface area contributed by atoms with E-state index in [2.05, 4.69) is 97.1 Å². The molecule has 0 atom stereocenters. The number of nitrogens with zero attached hydrogens (tertiary/aromatic N) is 2. The normalized spacial score (nSPS) is 11.2. The zero-order valence-electron chi connectivity index (χ0n) is 20.8. The lowest BCUT2D eigenvalue weighted by atomic mass is 9.86. The fourth-order valence-corrected chi connectivity index (χ4v) is 5.39. The second kappa shape index (κ2) is 9.42. The molecule has 0 aliphatic rings. The van der Waals surface area contributed by atoms with Crippen LogP contribution in [-0.4, -0.2) is 9.97 Å². The van der Waals surface area contributed by atoms with Crippen molar-refractivity contribution in [3.8, 4) is 44.8 Å². The number of benzene rings is 5. The molecule has 0 N–H and O–H groups in total. The van der Waals surface area contributed by atoms with Gasteiger partial charge in [-0.3, -0.25) is 9.97 Å². The highest BCUT2D eigenvalue weighted by molar-refractivity contribution is 6.21. The van der Waals surface area contributed by atoms with E-state index in [0.717, 1.165) is 33.6 Å². The van der Waals surface area contributed by atoms with Crippen molar-refractivity contribution in [2.24, 2.45) is 0 Å². The standard InChI is InChI=1S/C36H24N2/c1-3-11-25(12-4-1)33-21-19-27(23-37-33)35-29-15-7-9-17-31(29)36(32-18-10-8-16-30(32)35)28-20-22-34(38-24-28)26-13-5-2-6-14-26/h1-24H. The molecule has 5 aromatic carbocycles. The van der Waals surface area contributed by atoms with Crippen molar-refractivity contribution < 1.29 is 0 Å². The zero-order chi connectivity index (χ0) is 25.3. The average molecular weight is 485 g/mol. The molecule has 7 rings (SSSR count). The van der Waals surface area contributed by atoms with Crippen molar-refractivity contribution in [3.63, 3.8) is 0 Å². The van der Waals surface area contributed by atoms with Crippen LogP contribution in [0.4, 0.5) is 0 Å². The topological polar surface area (TPSA) is 25.8 Å². The third-order valence-electron chi connectivity index (χ3n) is 7.17. The smallest absolute Gasteiger partial charge is 0.0702 e. The summed E-state index contributed by atoms with van der Waals surface area (Å²) in [4.78, 5) is 9.70. The first-order valence-corrected chi connectivity index (χ1v) is 12.8. The lowest BCUT2D eigenvalue weighted by Gasteiger charge is -2.17. The summed E-state index contributed by atoms with van der Waals surface area (Å²) in [6.07, 6.45) is 4.01. The number of hydrogen-bond donors (Lipinski definition) is 0. The molecule has 2 heteroatoms. The molecular formula is C36H24N2. The third kappa shape index (κ3) is 3.84. The van der Waals surface area contributed by atoms with Crippen LogP contribution in [0.1, 0.15) is 0 Å². The lowest BCUT2D eigenvalue weighted by Crippen LogP contribution is -1.92. The van der Waals surface area contributed by atoms with Crippen molar-refractivity contribution in [2.45, 2.75) is 0 Å². The van der Waals surface area contributed by atoms with E-state index in [1.165, 1.54) is 32.7 Å². The van der Waals surface area contributed by atoms with Crippen LogP contribution in [0.5, 0.6) is 0 Å². The van der Waals surface area contributed by atoms with Gasteiger partial charge in [-0.05, 0) is 44.8 Å². The number of aromatic nitrogens is 2. The Hall–Kier alpha value is -5.08. The van der Waals surface area contributed by atoms with Crippen LogP contribution < -0.4 is 0 Å². The summed E-state index contributed by atoms with van der Waals surface area (Å²) in [6.45, 7) is 0. The molecule has 0 saturated heterocycles. The van der Waals surface area contributed by atoms with Crippen LogP contribution in [0.25, 0.3) is 66.3 Å². The average Bonchev–Trinajstić information content (AvgIpc) is 3.01. The van der Waals surface area contributed by atoms with E-state index in [4.69, 9.17) is 9.97 Å². The van der Waals surface area contributed by atoms with E-state index >= 15 is 0 Å². The molecule has 0 bridgehead atoms. The number of rotatable bonds is 4. The van der Waals surface area contributed by atoms with Gasteiger partial charge in [-0.25, -0.2) is 0 Å². The van der Waals surface area contributed by atoms with E-state index in [-0.39, 0.29) is 0 Å². The van der Waals surface area contributed by atoms with Gasteiger partial charge in [0.25, 0.3) is 0 Å². The minimum Gasteiger partial charge on any atom is -0.256 e. The number of pyridine rings is 2. The summed E-state index contributed by atoms with van der Waals surface area (Å²) in [5, 5.41) is 4.84. The maximum absolute atomic E-state index is 4.85. The Balaban J connectivity index is 1.43. The molecule has 0 fully saturated rings. The van der Waals surface area contributed by atoms with E-state index in [1.54, 1.807) is 0 Å². The number of fused-ring (bicyclic) bond motifs is 2. The highest BCUT2D eigenvalue weighted by Gasteiger charge is 2.17. The van der Waals surface area contributed by atoms with E-state index in [9.17, 15) is 0 Å². The molecule has 0 saturated carbocycles. The molecule has 38 heavy (non-hydrogen) atoms. The van der Waals surface area contributed by atoms with Gasteiger partial charge in [-0.1, -0.05) is 121 Å². The summed E-state index contributed by atoms with van der Waals surface area (Å²) in [5.41, 5.74) is 8.84. The fourth-order valence-electron chi connectivity index (χ4n) is 5.39. The first-order valence-electron chi connectivity index (χ1n) is 12.8. The molecule has 178 valence electrons. The van der Waals surface area contributed by atoms with Crippen molar-refractivity contribution in [2.75, 3.05) is 0 Å². The maximum Gasteiger partial charge on any atom is 0.0702 e. The fraction of sp³-hybridized carbons (Fsp3) is 0. The zero-order valence-corrected chi connectivity index (χ0v) is 20.8. The lowest BCUT2D eigenvalue weighted by molar-refractivity contribution is 1.33. The minimum atomic E-state index is 0.976. The highest BCUT2D eigenvalue weighted by Crippen LogP contribution is 2.43. The largest absolute Gasteiger partial charge is 0.256 e. The molecule has 0 spiro atoms. The summed E-state index contributed by atoms with van der Waals surface area (Å²) in [7, 11) is 0. The monoisotopic (exact) mass is 484 g/mol. The molecule has 0 radical (unpaired) electrons. The Morgan fingerprint density at radius 1 is 0.289 bits per heavy atom. The molecule has 0 aliphatic heterocycles. The molecule has 0 amide bonds. The van der Waals surface area contributed by atoms with Gasteiger partial charge >= 0.3 is 0 Å². The molecular weight excluding hydrogens is 460 g/mol. The first kappa shape index (κ1) is 22.1. The highest BCUT2D eigenvalue weighted by atomic mass is 14.7. The maximum atomic E-state index is 4.85. The van der Waals surface area contributed by atoms with Gasteiger partial charge in [0.05, 0.1) is 11.4 Å². The van der Waals surface area contributed by atoms with Crippen molar-refractivity contribution in [1.82, 2.24) is 9.97 Å². The summed E-state index contributed by atoms with van der Waals surface area (Å²) in [6, 6.07) is 46.6. The van der Waals surface area contributed by atoms with Crippen molar-refractivity contribution >= 4 is 21.5 Å². The Morgan fingerprint density at radius 2 is 0.632 bits per heavy atom. The van der Waals surface area contributed by atoms with Crippen LogP contribution in [0, 0.1) is 0 Å². The van der Waals surface area contributed by atoms with Crippen LogP contribution in [0.3, 0.4) is 0 Å². The Bertz CT molecular complexity index is 1680. The van der Waals surface area contributed by atoms with Gasteiger partial charge in [0.2, 0.25) is 0 Å². The van der Waals surface area contributed by atoms with Crippen LogP contribution >= 0.6 is 0 Å².